The van der Waals surface area contributed by atoms with E-state index in [4.69, 9.17) is 21.7 Å². The molecule has 3 rings (SSSR count). The standard InChI is InChI=1S/C23H21N3O3S/c1-2-28-21-15-17(16-24-26-23(30)25-19-11-7-4-8-12-19)13-14-20(21)29-22(27)18-9-5-3-6-10-18/h3-16H,2H2,1H3,(H2,25,26,30)/b24-16+. The number of thiocarbonyl (C=S) groups is 1. The highest BCUT2D eigenvalue weighted by Gasteiger charge is 2.12. The van der Waals surface area contributed by atoms with E-state index >= 15 is 0 Å². The molecule has 0 amide bonds. The van der Waals surface area contributed by atoms with Crippen molar-refractivity contribution in [2.75, 3.05) is 11.9 Å². The van der Waals surface area contributed by atoms with Crippen LogP contribution in [-0.4, -0.2) is 23.9 Å². The summed E-state index contributed by atoms with van der Waals surface area (Å²) in [7, 11) is 0. The van der Waals surface area contributed by atoms with Crippen LogP contribution in [0, 0.1) is 0 Å². The molecule has 0 radical (unpaired) electrons. The molecular weight excluding hydrogens is 398 g/mol. The molecule has 0 fully saturated rings. The summed E-state index contributed by atoms with van der Waals surface area (Å²) in [5, 5.41) is 7.54. The zero-order valence-corrected chi connectivity index (χ0v) is 17.2. The molecule has 0 aliphatic rings. The van der Waals surface area contributed by atoms with Crippen LogP contribution in [-0.2, 0) is 0 Å². The smallest absolute Gasteiger partial charge is 0.343 e. The zero-order chi connectivity index (χ0) is 21.2. The Morgan fingerprint density at radius 3 is 2.40 bits per heavy atom. The minimum atomic E-state index is -0.447. The number of hydrazone groups is 1. The summed E-state index contributed by atoms with van der Waals surface area (Å²) in [4.78, 5) is 12.3. The molecule has 3 aromatic rings. The first-order chi connectivity index (χ1) is 14.7. The second kappa shape index (κ2) is 10.7. The maximum absolute atomic E-state index is 12.3. The Kier molecular flexibility index (Phi) is 7.51. The maximum atomic E-state index is 12.3. The fourth-order valence-corrected chi connectivity index (χ4v) is 2.71. The molecule has 7 heteroatoms. The van der Waals surface area contributed by atoms with Crippen LogP contribution in [0.4, 0.5) is 5.69 Å². The van der Waals surface area contributed by atoms with Crippen LogP contribution in [0.1, 0.15) is 22.8 Å². The van der Waals surface area contributed by atoms with E-state index < -0.39 is 5.97 Å². The van der Waals surface area contributed by atoms with Gasteiger partial charge in [0.15, 0.2) is 16.6 Å². The summed E-state index contributed by atoms with van der Waals surface area (Å²) >= 11 is 5.22. The summed E-state index contributed by atoms with van der Waals surface area (Å²) in [6.07, 6.45) is 1.60. The Hall–Kier alpha value is -3.71. The Labute approximate surface area is 180 Å². The summed E-state index contributed by atoms with van der Waals surface area (Å²) in [5.74, 6) is 0.352. The maximum Gasteiger partial charge on any atom is 0.343 e. The molecule has 0 bridgehead atoms. The molecule has 6 nitrogen and oxygen atoms in total. The van der Waals surface area contributed by atoms with Crippen molar-refractivity contribution in [1.82, 2.24) is 5.43 Å². The van der Waals surface area contributed by atoms with Crippen molar-refractivity contribution in [3.05, 3.63) is 90.0 Å². The second-order valence-corrected chi connectivity index (χ2v) is 6.49. The quantitative estimate of drug-likeness (QED) is 0.191. The van der Waals surface area contributed by atoms with Crippen LogP contribution in [0.15, 0.2) is 84.0 Å². The van der Waals surface area contributed by atoms with E-state index in [1.165, 1.54) is 0 Å². The number of hydrogen-bond acceptors (Lipinski definition) is 5. The van der Waals surface area contributed by atoms with Crippen molar-refractivity contribution < 1.29 is 14.3 Å². The van der Waals surface area contributed by atoms with Gasteiger partial charge >= 0.3 is 5.97 Å². The van der Waals surface area contributed by atoms with Gasteiger partial charge in [-0.15, -0.1) is 0 Å². The molecule has 0 atom stereocenters. The lowest BCUT2D eigenvalue weighted by Crippen LogP contribution is -2.23. The first-order valence-electron chi connectivity index (χ1n) is 9.35. The van der Waals surface area contributed by atoms with Crippen LogP contribution in [0.25, 0.3) is 0 Å². The van der Waals surface area contributed by atoms with E-state index in [1.54, 1.807) is 48.7 Å². The van der Waals surface area contributed by atoms with E-state index in [9.17, 15) is 4.79 Å². The molecule has 0 aliphatic carbocycles. The fraction of sp³-hybridized carbons (Fsp3) is 0.0870. The second-order valence-electron chi connectivity index (χ2n) is 6.08. The lowest BCUT2D eigenvalue weighted by Gasteiger charge is -2.11. The Bertz CT molecular complexity index is 1020. The molecule has 30 heavy (non-hydrogen) atoms. The van der Waals surface area contributed by atoms with Gasteiger partial charge in [-0.1, -0.05) is 36.4 Å². The van der Waals surface area contributed by atoms with Gasteiger partial charge < -0.3 is 14.8 Å². The van der Waals surface area contributed by atoms with E-state index in [0.29, 0.717) is 28.8 Å². The topological polar surface area (TPSA) is 71.9 Å². The Morgan fingerprint density at radius 1 is 1.00 bits per heavy atom. The van der Waals surface area contributed by atoms with Crippen molar-refractivity contribution in [1.29, 1.82) is 0 Å². The van der Waals surface area contributed by atoms with Gasteiger partial charge in [-0.25, -0.2) is 4.79 Å². The zero-order valence-electron chi connectivity index (χ0n) is 16.4. The molecule has 152 valence electrons. The average molecular weight is 420 g/mol. The van der Waals surface area contributed by atoms with Crippen LogP contribution < -0.4 is 20.2 Å². The highest BCUT2D eigenvalue weighted by Crippen LogP contribution is 2.29. The third kappa shape index (κ3) is 6.15. The van der Waals surface area contributed by atoms with E-state index in [0.717, 1.165) is 11.3 Å². The van der Waals surface area contributed by atoms with Crippen molar-refractivity contribution in [2.24, 2.45) is 5.10 Å². The number of esters is 1. The molecule has 0 spiro atoms. The van der Waals surface area contributed by atoms with Crippen molar-refractivity contribution in [3.8, 4) is 11.5 Å². The van der Waals surface area contributed by atoms with Gasteiger partial charge in [0.2, 0.25) is 0 Å². The number of carbonyl (C=O) groups excluding carboxylic acids is 1. The molecule has 0 heterocycles. The van der Waals surface area contributed by atoms with Crippen LogP contribution in [0.3, 0.4) is 0 Å². The largest absolute Gasteiger partial charge is 0.490 e. The third-order valence-corrected chi connectivity index (χ3v) is 4.08. The Balaban J connectivity index is 1.64. The SMILES string of the molecule is CCOc1cc(/C=N/NC(=S)Nc2ccccc2)ccc1OC(=O)c1ccccc1. The highest BCUT2D eigenvalue weighted by atomic mass is 32.1. The van der Waals surface area contributed by atoms with Crippen LogP contribution >= 0.6 is 12.2 Å². The van der Waals surface area contributed by atoms with E-state index in [-0.39, 0.29) is 0 Å². The van der Waals surface area contributed by atoms with Crippen LogP contribution in [0.5, 0.6) is 11.5 Å². The molecular formula is C23H21N3O3S. The lowest BCUT2D eigenvalue weighted by atomic mass is 10.2. The average Bonchev–Trinajstić information content (AvgIpc) is 2.77. The van der Waals surface area contributed by atoms with Gasteiger partial charge in [0.25, 0.3) is 0 Å². The summed E-state index contributed by atoms with van der Waals surface area (Å²) in [6, 6.07) is 23.5. The number of carbonyl (C=O) groups is 1. The number of hydrogen-bond donors (Lipinski definition) is 2. The van der Waals surface area contributed by atoms with Crippen LogP contribution in [0.2, 0.25) is 0 Å². The van der Waals surface area contributed by atoms with Gasteiger partial charge in [0.1, 0.15) is 0 Å². The molecule has 0 saturated carbocycles. The molecule has 3 aromatic carbocycles. The molecule has 0 aliphatic heterocycles. The molecule has 0 unspecified atom stereocenters. The van der Waals surface area contributed by atoms with Crippen molar-refractivity contribution in [3.63, 3.8) is 0 Å². The van der Waals surface area contributed by atoms with Crippen molar-refractivity contribution in [2.45, 2.75) is 6.92 Å². The molecule has 0 aromatic heterocycles. The molecule has 0 saturated heterocycles. The van der Waals surface area contributed by atoms with Gasteiger partial charge in [-0.2, -0.15) is 5.10 Å². The number of anilines is 1. The number of ether oxygens (including phenoxy) is 2. The monoisotopic (exact) mass is 419 g/mol. The number of rotatable bonds is 7. The van der Waals surface area contributed by atoms with E-state index in [1.807, 2.05) is 43.3 Å². The lowest BCUT2D eigenvalue weighted by molar-refractivity contribution is 0.0728. The molecule has 2 N–H and O–H groups in total. The minimum Gasteiger partial charge on any atom is -0.490 e. The highest BCUT2D eigenvalue weighted by molar-refractivity contribution is 7.80. The van der Waals surface area contributed by atoms with E-state index in [2.05, 4.69) is 15.8 Å². The number of benzene rings is 3. The normalized spacial score (nSPS) is 10.4. The van der Waals surface area contributed by atoms with Gasteiger partial charge in [-0.05, 0) is 67.2 Å². The summed E-state index contributed by atoms with van der Waals surface area (Å²) in [6.45, 7) is 2.29. The number of nitrogens with one attached hydrogen (secondary N) is 2. The number of nitrogens with zero attached hydrogens (tertiary/aromatic N) is 1. The Morgan fingerprint density at radius 2 is 1.70 bits per heavy atom. The van der Waals surface area contributed by atoms with Gasteiger partial charge in [0.05, 0.1) is 18.4 Å². The first kappa shape index (κ1) is 21.0. The predicted octanol–water partition coefficient (Wildman–Crippen LogP) is 4.63. The minimum absolute atomic E-state index is 0.345. The number of para-hydroxylation sites is 1. The van der Waals surface area contributed by atoms with Gasteiger partial charge in [0, 0.05) is 5.69 Å². The van der Waals surface area contributed by atoms with Gasteiger partial charge in [-0.3, -0.25) is 5.43 Å². The third-order valence-electron chi connectivity index (χ3n) is 3.89. The summed E-state index contributed by atoms with van der Waals surface area (Å²) < 4.78 is 11.1. The summed E-state index contributed by atoms with van der Waals surface area (Å²) in [5.41, 5.74) is 4.86. The first-order valence-corrected chi connectivity index (χ1v) is 9.75. The van der Waals surface area contributed by atoms with Crippen molar-refractivity contribution >= 4 is 35.2 Å². The fourth-order valence-electron chi connectivity index (χ4n) is 2.54. The predicted molar refractivity (Wildman–Crippen MR) is 122 cm³/mol.